The SMILES string of the molecule is CN(C)CCNC(=O)C1(C(=O)NCc2ccccc2F)CC1. The van der Waals surface area contributed by atoms with Crippen LogP contribution >= 0.6 is 0 Å². The van der Waals surface area contributed by atoms with E-state index in [1.54, 1.807) is 18.2 Å². The van der Waals surface area contributed by atoms with Gasteiger partial charge in [-0.2, -0.15) is 0 Å². The number of benzene rings is 1. The summed E-state index contributed by atoms with van der Waals surface area (Å²) in [6.45, 7) is 1.32. The van der Waals surface area contributed by atoms with Crippen LogP contribution in [0.4, 0.5) is 4.39 Å². The lowest BCUT2D eigenvalue weighted by molar-refractivity contribution is -0.137. The van der Waals surface area contributed by atoms with E-state index in [4.69, 9.17) is 0 Å². The maximum absolute atomic E-state index is 13.5. The van der Waals surface area contributed by atoms with E-state index >= 15 is 0 Å². The molecule has 0 heterocycles. The second-order valence-corrected chi connectivity index (χ2v) is 5.92. The van der Waals surface area contributed by atoms with Crippen LogP contribution in [0.5, 0.6) is 0 Å². The minimum Gasteiger partial charge on any atom is -0.354 e. The van der Waals surface area contributed by atoms with Crippen molar-refractivity contribution in [1.29, 1.82) is 0 Å². The van der Waals surface area contributed by atoms with Gasteiger partial charge in [-0.1, -0.05) is 18.2 Å². The Kier molecular flexibility index (Phi) is 5.13. The van der Waals surface area contributed by atoms with Crippen molar-refractivity contribution in [3.63, 3.8) is 0 Å². The van der Waals surface area contributed by atoms with Gasteiger partial charge in [0.1, 0.15) is 11.2 Å². The second-order valence-electron chi connectivity index (χ2n) is 5.92. The van der Waals surface area contributed by atoms with E-state index in [-0.39, 0.29) is 24.2 Å². The molecule has 0 aliphatic heterocycles. The molecular weight excluding hydrogens is 285 g/mol. The van der Waals surface area contributed by atoms with Gasteiger partial charge in [0.05, 0.1) is 0 Å². The fourth-order valence-electron chi connectivity index (χ4n) is 2.23. The topological polar surface area (TPSA) is 61.4 Å². The number of amides is 2. The van der Waals surface area contributed by atoms with Crippen LogP contribution in [-0.2, 0) is 16.1 Å². The van der Waals surface area contributed by atoms with Crippen LogP contribution in [0.1, 0.15) is 18.4 Å². The zero-order valence-electron chi connectivity index (χ0n) is 13.0. The number of nitrogens with zero attached hydrogens (tertiary/aromatic N) is 1. The molecule has 6 heteroatoms. The van der Waals surface area contributed by atoms with E-state index in [1.807, 2.05) is 19.0 Å². The van der Waals surface area contributed by atoms with Gasteiger partial charge in [-0.25, -0.2) is 4.39 Å². The summed E-state index contributed by atoms with van der Waals surface area (Å²) >= 11 is 0. The summed E-state index contributed by atoms with van der Waals surface area (Å²) in [7, 11) is 3.83. The van der Waals surface area contributed by atoms with Crippen molar-refractivity contribution in [3.8, 4) is 0 Å². The van der Waals surface area contributed by atoms with Crippen molar-refractivity contribution in [2.75, 3.05) is 27.2 Å². The standard InChI is InChI=1S/C16H22FN3O2/c1-20(2)10-9-18-14(21)16(7-8-16)15(22)19-11-12-5-3-4-6-13(12)17/h3-6H,7-11H2,1-2H3,(H,18,21)(H,19,22). The molecule has 0 unspecified atom stereocenters. The molecule has 1 aliphatic rings. The number of halogens is 1. The third-order valence-corrected chi connectivity index (χ3v) is 3.86. The van der Waals surface area contributed by atoms with Gasteiger partial charge in [-0.15, -0.1) is 0 Å². The van der Waals surface area contributed by atoms with Gasteiger partial charge in [-0.05, 0) is 33.0 Å². The zero-order chi connectivity index (χ0) is 16.2. The lowest BCUT2D eigenvalue weighted by Gasteiger charge is -2.17. The Morgan fingerprint density at radius 1 is 1.18 bits per heavy atom. The van der Waals surface area contributed by atoms with Crippen molar-refractivity contribution >= 4 is 11.8 Å². The van der Waals surface area contributed by atoms with Gasteiger partial charge in [0.2, 0.25) is 11.8 Å². The van der Waals surface area contributed by atoms with Crippen molar-refractivity contribution < 1.29 is 14.0 Å². The van der Waals surface area contributed by atoms with Crippen LogP contribution in [-0.4, -0.2) is 43.9 Å². The summed E-state index contributed by atoms with van der Waals surface area (Å²) in [6, 6.07) is 6.28. The van der Waals surface area contributed by atoms with Crippen molar-refractivity contribution in [1.82, 2.24) is 15.5 Å². The Morgan fingerprint density at radius 3 is 2.41 bits per heavy atom. The quantitative estimate of drug-likeness (QED) is 0.736. The molecule has 0 bridgehead atoms. The average Bonchev–Trinajstić information content (AvgIpc) is 3.27. The molecule has 0 radical (unpaired) electrons. The van der Waals surface area contributed by atoms with Gasteiger partial charge in [0, 0.05) is 25.2 Å². The number of likely N-dealkylation sites (N-methyl/N-ethyl adjacent to an activating group) is 1. The van der Waals surface area contributed by atoms with Gasteiger partial charge >= 0.3 is 0 Å². The molecule has 1 aromatic carbocycles. The van der Waals surface area contributed by atoms with Crippen LogP contribution in [0.3, 0.4) is 0 Å². The van der Waals surface area contributed by atoms with E-state index in [1.165, 1.54) is 6.07 Å². The highest BCUT2D eigenvalue weighted by Crippen LogP contribution is 2.46. The molecule has 0 aromatic heterocycles. The summed E-state index contributed by atoms with van der Waals surface area (Å²) in [5.74, 6) is -0.915. The minimum atomic E-state index is -0.961. The largest absolute Gasteiger partial charge is 0.354 e. The van der Waals surface area contributed by atoms with Crippen molar-refractivity contribution in [2.45, 2.75) is 19.4 Å². The first-order valence-corrected chi connectivity index (χ1v) is 7.40. The maximum Gasteiger partial charge on any atom is 0.235 e. The Bertz CT molecular complexity index is 556. The fourth-order valence-corrected chi connectivity index (χ4v) is 2.23. The third kappa shape index (κ3) is 3.82. The number of carbonyl (C=O) groups excluding carboxylic acids is 2. The summed E-state index contributed by atoms with van der Waals surface area (Å²) in [4.78, 5) is 26.4. The van der Waals surface area contributed by atoms with Gasteiger partial charge in [0.15, 0.2) is 0 Å². The monoisotopic (exact) mass is 307 g/mol. The number of nitrogens with one attached hydrogen (secondary N) is 2. The van der Waals surface area contributed by atoms with Crippen LogP contribution in [0.15, 0.2) is 24.3 Å². The van der Waals surface area contributed by atoms with E-state index < -0.39 is 5.41 Å². The van der Waals surface area contributed by atoms with Gasteiger partial charge in [-0.3, -0.25) is 9.59 Å². The van der Waals surface area contributed by atoms with Crippen LogP contribution < -0.4 is 10.6 Å². The van der Waals surface area contributed by atoms with E-state index in [0.29, 0.717) is 24.9 Å². The molecule has 22 heavy (non-hydrogen) atoms. The predicted molar refractivity (Wildman–Crippen MR) is 81.5 cm³/mol. The van der Waals surface area contributed by atoms with Crippen molar-refractivity contribution in [3.05, 3.63) is 35.6 Å². The first kappa shape index (κ1) is 16.4. The third-order valence-electron chi connectivity index (χ3n) is 3.86. The minimum absolute atomic E-state index is 0.0955. The molecule has 2 N–H and O–H groups in total. The summed E-state index contributed by atoms with van der Waals surface area (Å²) < 4.78 is 13.5. The number of hydrogen-bond donors (Lipinski definition) is 2. The van der Waals surface area contributed by atoms with Gasteiger partial charge < -0.3 is 15.5 Å². The number of hydrogen-bond acceptors (Lipinski definition) is 3. The molecule has 1 saturated carbocycles. The smallest absolute Gasteiger partial charge is 0.235 e. The Hall–Kier alpha value is -1.95. The Morgan fingerprint density at radius 2 is 1.82 bits per heavy atom. The fraction of sp³-hybridized carbons (Fsp3) is 0.500. The highest BCUT2D eigenvalue weighted by atomic mass is 19.1. The normalized spacial score (nSPS) is 15.5. The molecule has 1 aromatic rings. The molecule has 1 aliphatic carbocycles. The molecule has 5 nitrogen and oxygen atoms in total. The summed E-state index contributed by atoms with van der Waals surface area (Å²) in [5.41, 5.74) is -0.544. The van der Waals surface area contributed by atoms with E-state index in [9.17, 15) is 14.0 Å². The van der Waals surface area contributed by atoms with Gasteiger partial charge in [0.25, 0.3) is 0 Å². The molecule has 2 amide bonds. The predicted octanol–water partition coefficient (Wildman–Crippen LogP) is 0.900. The Balaban J connectivity index is 1.86. The summed E-state index contributed by atoms with van der Waals surface area (Å²) in [5, 5.41) is 5.46. The molecule has 120 valence electrons. The highest BCUT2D eigenvalue weighted by Gasteiger charge is 2.56. The number of rotatable bonds is 7. The van der Waals surface area contributed by atoms with E-state index in [2.05, 4.69) is 10.6 Å². The van der Waals surface area contributed by atoms with Crippen LogP contribution in [0.2, 0.25) is 0 Å². The molecule has 2 rings (SSSR count). The number of carbonyl (C=O) groups is 2. The second kappa shape index (κ2) is 6.87. The van der Waals surface area contributed by atoms with E-state index in [0.717, 1.165) is 6.54 Å². The van der Waals surface area contributed by atoms with Crippen LogP contribution in [0.25, 0.3) is 0 Å². The average molecular weight is 307 g/mol. The molecule has 0 saturated heterocycles. The molecule has 1 fully saturated rings. The zero-order valence-corrected chi connectivity index (χ0v) is 13.0. The first-order chi connectivity index (χ1) is 10.5. The highest BCUT2D eigenvalue weighted by molar-refractivity contribution is 6.07. The lowest BCUT2D eigenvalue weighted by Crippen LogP contribution is -2.44. The lowest BCUT2D eigenvalue weighted by atomic mass is 10.0. The van der Waals surface area contributed by atoms with Crippen LogP contribution in [0, 0.1) is 11.2 Å². The molecule has 0 atom stereocenters. The Labute approximate surface area is 129 Å². The molecule has 0 spiro atoms. The summed E-state index contributed by atoms with van der Waals surface area (Å²) in [6.07, 6.45) is 1.09. The van der Waals surface area contributed by atoms with Crippen molar-refractivity contribution in [2.24, 2.45) is 5.41 Å². The maximum atomic E-state index is 13.5. The first-order valence-electron chi connectivity index (χ1n) is 7.40. The molecular formula is C16H22FN3O2.